The van der Waals surface area contributed by atoms with Crippen LogP contribution in [0.15, 0.2) is 43.0 Å². The first-order chi connectivity index (χ1) is 17.7. The molecule has 12 nitrogen and oxygen atoms in total. The molecule has 186 valence electrons. The zero-order chi connectivity index (χ0) is 24.7. The number of nitrogens with one attached hydrogen (secondary N) is 4. The number of ether oxygens (including phenoxy) is 1. The molecule has 4 heterocycles. The first-order valence-electron chi connectivity index (χ1n) is 11.9. The summed E-state index contributed by atoms with van der Waals surface area (Å²) in [6.45, 7) is 7.50. The number of aromatic amines is 1. The van der Waals surface area contributed by atoms with Gasteiger partial charge in [0.15, 0.2) is 5.82 Å². The smallest absolute Gasteiger partial charge is 0.321 e. The van der Waals surface area contributed by atoms with Gasteiger partial charge in [-0.2, -0.15) is 0 Å². The van der Waals surface area contributed by atoms with Crippen molar-refractivity contribution in [3.05, 3.63) is 43.0 Å². The maximum atomic E-state index is 12.0. The molecule has 1 aliphatic heterocycles. The number of benzene rings is 1. The van der Waals surface area contributed by atoms with E-state index in [2.05, 4.69) is 50.8 Å². The van der Waals surface area contributed by atoms with Crippen molar-refractivity contribution < 1.29 is 9.53 Å². The number of urea groups is 1. The van der Waals surface area contributed by atoms with Crippen LogP contribution in [0.3, 0.4) is 0 Å². The average molecular weight is 489 g/mol. The highest BCUT2D eigenvalue weighted by Crippen LogP contribution is 2.32. The highest BCUT2D eigenvalue weighted by Gasteiger charge is 2.16. The Morgan fingerprint density at radius 3 is 2.61 bits per heavy atom. The molecule has 0 saturated carbocycles. The standard InChI is InChI=1S/C24H28N10O2/c1-2-25-24(35)33-23-31-19-13-16(12-18(20(19)32-23)21-26-4-3-5-27-21)17-14-29-22(30-15-17)28-6-7-34-8-10-36-11-9-34/h3-5,12-15H,2,6-11H2,1H3,(H,28,29,30)(H3,25,31,32,33,35). The molecule has 1 aromatic carbocycles. The van der Waals surface area contributed by atoms with Crippen LogP contribution in [0.2, 0.25) is 0 Å². The summed E-state index contributed by atoms with van der Waals surface area (Å²) in [4.78, 5) is 39.9. The molecular formula is C24H28N10O2. The minimum Gasteiger partial charge on any atom is -0.379 e. The fourth-order valence-corrected chi connectivity index (χ4v) is 3.98. The molecule has 5 rings (SSSR count). The Morgan fingerprint density at radius 2 is 1.86 bits per heavy atom. The number of amides is 2. The van der Waals surface area contributed by atoms with Crippen LogP contribution in [0, 0.1) is 0 Å². The van der Waals surface area contributed by atoms with Crippen molar-refractivity contribution in [1.29, 1.82) is 0 Å². The lowest BCUT2D eigenvalue weighted by molar-refractivity contribution is 0.0398. The fourth-order valence-electron chi connectivity index (χ4n) is 3.98. The van der Waals surface area contributed by atoms with E-state index in [0.717, 1.165) is 61.6 Å². The monoisotopic (exact) mass is 488 g/mol. The third kappa shape index (κ3) is 5.56. The second-order valence-electron chi connectivity index (χ2n) is 8.24. The first kappa shape index (κ1) is 23.6. The van der Waals surface area contributed by atoms with Gasteiger partial charge in [0.2, 0.25) is 11.9 Å². The summed E-state index contributed by atoms with van der Waals surface area (Å²) in [5, 5.41) is 8.70. The van der Waals surface area contributed by atoms with E-state index >= 15 is 0 Å². The molecule has 2 amide bonds. The minimum atomic E-state index is -0.334. The number of hydrogen-bond donors (Lipinski definition) is 4. The van der Waals surface area contributed by atoms with E-state index in [1.165, 1.54) is 0 Å². The lowest BCUT2D eigenvalue weighted by Gasteiger charge is -2.26. The molecule has 36 heavy (non-hydrogen) atoms. The van der Waals surface area contributed by atoms with Gasteiger partial charge >= 0.3 is 6.03 Å². The number of nitrogens with zero attached hydrogens (tertiary/aromatic N) is 6. The Labute approximate surface area is 207 Å². The van der Waals surface area contributed by atoms with Crippen molar-refractivity contribution in [3.63, 3.8) is 0 Å². The number of imidazole rings is 1. The molecular weight excluding hydrogens is 460 g/mol. The number of anilines is 2. The Morgan fingerprint density at radius 1 is 1.08 bits per heavy atom. The lowest BCUT2D eigenvalue weighted by atomic mass is 10.0. The summed E-state index contributed by atoms with van der Waals surface area (Å²) in [5.41, 5.74) is 3.83. The van der Waals surface area contributed by atoms with Crippen molar-refractivity contribution >= 4 is 29.0 Å². The molecule has 12 heteroatoms. The minimum absolute atomic E-state index is 0.334. The zero-order valence-corrected chi connectivity index (χ0v) is 20.0. The van der Waals surface area contributed by atoms with Crippen LogP contribution in [0.1, 0.15) is 6.92 Å². The Kier molecular flexibility index (Phi) is 7.24. The molecule has 0 aliphatic carbocycles. The Hall–Kier alpha value is -4.16. The lowest BCUT2D eigenvalue weighted by Crippen LogP contribution is -2.39. The van der Waals surface area contributed by atoms with Gasteiger partial charge in [-0.3, -0.25) is 10.2 Å². The summed E-state index contributed by atoms with van der Waals surface area (Å²) in [5.74, 6) is 1.45. The second-order valence-corrected chi connectivity index (χ2v) is 8.24. The van der Waals surface area contributed by atoms with Gasteiger partial charge in [-0.25, -0.2) is 29.7 Å². The largest absolute Gasteiger partial charge is 0.379 e. The number of rotatable bonds is 8. The van der Waals surface area contributed by atoms with E-state index in [9.17, 15) is 4.79 Å². The third-order valence-corrected chi connectivity index (χ3v) is 5.77. The van der Waals surface area contributed by atoms with Gasteiger partial charge in [-0.15, -0.1) is 0 Å². The molecule has 1 aliphatic rings. The van der Waals surface area contributed by atoms with Crippen molar-refractivity contribution in [2.45, 2.75) is 6.92 Å². The molecule has 1 saturated heterocycles. The van der Waals surface area contributed by atoms with Gasteiger partial charge in [0, 0.05) is 68.6 Å². The summed E-state index contributed by atoms with van der Waals surface area (Å²) in [6, 6.07) is 5.32. The van der Waals surface area contributed by atoms with Crippen LogP contribution in [-0.4, -0.2) is 86.8 Å². The molecule has 1 fully saturated rings. The van der Waals surface area contributed by atoms with Crippen LogP contribution >= 0.6 is 0 Å². The van der Waals surface area contributed by atoms with E-state index in [1.54, 1.807) is 30.9 Å². The SMILES string of the molecule is CCNC(=O)Nc1nc2cc(-c3cnc(NCCN4CCOCC4)nc3)cc(-c3ncccn3)c2[nH]1. The number of fused-ring (bicyclic) bond motifs is 1. The predicted octanol–water partition coefficient (Wildman–Crippen LogP) is 2.36. The van der Waals surface area contributed by atoms with Gasteiger partial charge in [-0.1, -0.05) is 0 Å². The van der Waals surface area contributed by atoms with Crippen LogP contribution in [-0.2, 0) is 4.74 Å². The van der Waals surface area contributed by atoms with E-state index in [1.807, 2.05) is 19.1 Å². The maximum absolute atomic E-state index is 12.0. The molecule has 4 N–H and O–H groups in total. The van der Waals surface area contributed by atoms with E-state index in [-0.39, 0.29) is 6.03 Å². The fraction of sp³-hybridized carbons (Fsp3) is 0.333. The van der Waals surface area contributed by atoms with E-state index in [4.69, 9.17) is 4.74 Å². The highest BCUT2D eigenvalue weighted by molar-refractivity contribution is 5.97. The van der Waals surface area contributed by atoms with Gasteiger partial charge in [0.25, 0.3) is 0 Å². The van der Waals surface area contributed by atoms with Crippen molar-refractivity contribution in [1.82, 2.24) is 40.1 Å². The highest BCUT2D eigenvalue weighted by atomic mass is 16.5. The number of carbonyl (C=O) groups is 1. The number of hydrogen-bond acceptors (Lipinski definition) is 9. The Bertz CT molecular complexity index is 1300. The van der Waals surface area contributed by atoms with Crippen LogP contribution in [0.4, 0.5) is 16.7 Å². The average Bonchev–Trinajstić information content (AvgIpc) is 3.32. The number of H-pyrrole nitrogens is 1. The summed E-state index contributed by atoms with van der Waals surface area (Å²) >= 11 is 0. The summed E-state index contributed by atoms with van der Waals surface area (Å²) in [6.07, 6.45) is 6.93. The second kappa shape index (κ2) is 11.1. The molecule has 0 radical (unpaired) electrons. The maximum Gasteiger partial charge on any atom is 0.321 e. The van der Waals surface area contributed by atoms with Gasteiger partial charge < -0.3 is 20.4 Å². The van der Waals surface area contributed by atoms with Crippen molar-refractivity contribution in [3.8, 4) is 22.5 Å². The number of morpholine rings is 1. The van der Waals surface area contributed by atoms with E-state index < -0.39 is 0 Å². The molecule has 0 bridgehead atoms. The molecule has 4 aromatic rings. The topological polar surface area (TPSA) is 146 Å². The summed E-state index contributed by atoms with van der Waals surface area (Å²) < 4.78 is 5.39. The van der Waals surface area contributed by atoms with Crippen LogP contribution in [0.5, 0.6) is 0 Å². The van der Waals surface area contributed by atoms with Crippen molar-refractivity contribution in [2.75, 3.05) is 56.6 Å². The van der Waals surface area contributed by atoms with Crippen molar-refractivity contribution in [2.24, 2.45) is 0 Å². The predicted molar refractivity (Wildman–Crippen MR) is 137 cm³/mol. The molecule has 3 aromatic heterocycles. The van der Waals surface area contributed by atoms with Gasteiger partial charge in [0.05, 0.1) is 24.2 Å². The summed E-state index contributed by atoms with van der Waals surface area (Å²) in [7, 11) is 0. The zero-order valence-electron chi connectivity index (χ0n) is 20.0. The third-order valence-electron chi connectivity index (χ3n) is 5.77. The molecule has 0 spiro atoms. The normalized spacial score (nSPS) is 14.0. The number of aromatic nitrogens is 6. The van der Waals surface area contributed by atoms with Crippen LogP contribution in [0.25, 0.3) is 33.5 Å². The molecule has 0 atom stereocenters. The van der Waals surface area contributed by atoms with E-state index in [0.29, 0.717) is 29.8 Å². The van der Waals surface area contributed by atoms with Crippen LogP contribution < -0.4 is 16.0 Å². The van der Waals surface area contributed by atoms with Gasteiger partial charge in [0.1, 0.15) is 0 Å². The Balaban J connectivity index is 1.38. The molecule has 0 unspecified atom stereocenters. The first-order valence-corrected chi connectivity index (χ1v) is 11.9. The van der Waals surface area contributed by atoms with Gasteiger partial charge in [-0.05, 0) is 30.7 Å². The quantitative estimate of drug-likeness (QED) is 0.293. The number of carbonyl (C=O) groups excluding carboxylic acids is 1.